The van der Waals surface area contributed by atoms with Crippen LogP contribution in [0, 0.1) is 0 Å². The first-order valence-corrected chi connectivity index (χ1v) is 9.36. The number of hydrogen-bond acceptors (Lipinski definition) is 4. The van der Waals surface area contributed by atoms with E-state index in [-0.39, 0.29) is 17.9 Å². The fourth-order valence-electron chi connectivity index (χ4n) is 3.52. The maximum Gasteiger partial charge on any atom is 0.328 e. The van der Waals surface area contributed by atoms with Crippen molar-refractivity contribution in [3.05, 3.63) is 71.8 Å². The van der Waals surface area contributed by atoms with Crippen molar-refractivity contribution in [1.82, 2.24) is 10.2 Å². The number of carbonyl (C=O) groups excluding carboxylic acids is 2. The largest absolute Gasteiger partial charge is 0.467 e. The predicted octanol–water partition coefficient (Wildman–Crippen LogP) is 2.55. The minimum Gasteiger partial charge on any atom is -0.467 e. The van der Waals surface area contributed by atoms with E-state index in [0.29, 0.717) is 32.4 Å². The molecule has 1 aliphatic rings. The van der Waals surface area contributed by atoms with Gasteiger partial charge in [-0.15, -0.1) is 0 Å². The first-order valence-electron chi connectivity index (χ1n) is 9.36. The van der Waals surface area contributed by atoms with Crippen molar-refractivity contribution in [2.24, 2.45) is 0 Å². The number of ether oxygens (including phenoxy) is 1. The lowest BCUT2D eigenvalue weighted by Gasteiger charge is -2.22. The van der Waals surface area contributed by atoms with Gasteiger partial charge in [0, 0.05) is 25.6 Å². The fourth-order valence-corrected chi connectivity index (χ4v) is 3.52. The van der Waals surface area contributed by atoms with Crippen LogP contribution in [0.4, 0.5) is 0 Å². The van der Waals surface area contributed by atoms with Gasteiger partial charge in [-0.3, -0.25) is 4.79 Å². The zero-order chi connectivity index (χ0) is 19.1. The highest BCUT2D eigenvalue weighted by molar-refractivity contribution is 5.85. The number of aryl methyl sites for hydroxylation is 1. The lowest BCUT2D eigenvalue weighted by atomic mass is 10.1. The van der Waals surface area contributed by atoms with Crippen molar-refractivity contribution < 1.29 is 14.3 Å². The summed E-state index contributed by atoms with van der Waals surface area (Å²) >= 11 is 0. The summed E-state index contributed by atoms with van der Waals surface area (Å²) < 4.78 is 4.93. The second kappa shape index (κ2) is 9.33. The maximum absolute atomic E-state index is 12.8. The molecule has 1 fully saturated rings. The second-order valence-corrected chi connectivity index (χ2v) is 6.87. The Bertz CT molecular complexity index is 749. The lowest BCUT2D eigenvalue weighted by Crippen LogP contribution is -2.41. The van der Waals surface area contributed by atoms with Crippen molar-refractivity contribution in [3.63, 3.8) is 0 Å². The van der Waals surface area contributed by atoms with Crippen molar-refractivity contribution in [3.8, 4) is 0 Å². The number of nitrogens with one attached hydrogen (secondary N) is 1. The first-order chi connectivity index (χ1) is 13.2. The Balaban J connectivity index is 1.59. The molecule has 2 aromatic carbocycles. The Morgan fingerprint density at radius 2 is 1.67 bits per heavy atom. The van der Waals surface area contributed by atoms with Crippen molar-refractivity contribution in [2.45, 2.75) is 37.9 Å². The van der Waals surface area contributed by atoms with Gasteiger partial charge >= 0.3 is 5.97 Å². The van der Waals surface area contributed by atoms with Gasteiger partial charge in [0.15, 0.2) is 0 Å². The van der Waals surface area contributed by atoms with Crippen molar-refractivity contribution >= 4 is 11.9 Å². The highest BCUT2D eigenvalue weighted by Crippen LogP contribution is 2.21. The molecule has 0 saturated carbocycles. The Labute approximate surface area is 160 Å². The second-order valence-electron chi connectivity index (χ2n) is 6.87. The summed E-state index contributed by atoms with van der Waals surface area (Å²) in [7, 11) is 1.37. The van der Waals surface area contributed by atoms with Crippen LogP contribution in [-0.2, 0) is 27.3 Å². The Morgan fingerprint density at radius 3 is 2.30 bits per heavy atom. The third kappa shape index (κ3) is 5.17. The summed E-state index contributed by atoms with van der Waals surface area (Å²) in [6, 6.07) is 19.6. The van der Waals surface area contributed by atoms with E-state index in [1.807, 2.05) is 48.5 Å². The van der Waals surface area contributed by atoms with E-state index in [1.165, 1.54) is 12.7 Å². The SMILES string of the molecule is COC(=O)[C@@H]1CC(NCc2ccccc2)CN1C(=O)CCc1ccccc1. The summed E-state index contributed by atoms with van der Waals surface area (Å²) in [5, 5.41) is 3.46. The zero-order valence-electron chi connectivity index (χ0n) is 15.6. The molecule has 2 atom stereocenters. The molecule has 1 N–H and O–H groups in total. The van der Waals surface area contributed by atoms with Gasteiger partial charge in [0.1, 0.15) is 6.04 Å². The normalized spacial score (nSPS) is 19.1. The predicted molar refractivity (Wildman–Crippen MR) is 104 cm³/mol. The number of likely N-dealkylation sites (tertiary alicyclic amines) is 1. The van der Waals surface area contributed by atoms with Crippen LogP contribution in [0.2, 0.25) is 0 Å². The summed E-state index contributed by atoms with van der Waals surface area (Å²) in [5.41, 5.74) is 2.30. The average Bonchev–Trinajstić information content (AvgIpc) is 3.16. The van der Waals surface area contributed by atoms with E-state index in [2.05, 4.69) is 17.4 Å². The van der Waals surface area contributed by atoms with E-state index >= 15 is 0 Å². The number of hydrogen-bond donors (Lipinski definition) is 1. The van der Waals surface area contributed by atoms with E-state index in [1.54, 1.807) is 4.90 Å². The molecular weight excluding hydrogens is 340 g/mol. The fraction of sp³-hybridized carbons (Fsp3) is 0.364. The molecule has 1 aliphatic heterocycles. The number of carbonyl (C=O) groups is 2. The molecule has 27 heavy (non-hydrogen) atoms. The summed E-state index contributed by atoms with van der Waals surface area (Å²) in [5.74, 6) is -0.342. The Morgan fingerprint density at radius 1 is 1.04 bits per heavy atom. The van der Waals surface area contributed by atoms with Crippen LogP contribution in [0.15, 0.2) is 60.7 Å². The molecule has 1 heterocycles. The quantitative estimate of drug-likeness (QED) is 0.765. The molecule has 1 unspecified atom stereocenters. The highest BCUT2D eigenvalue weighted by Gasteiger charge is 2.39. The van der Waals surface area contributed by atoms with Crippen LogP contribution in [0.5, 0.6) is 0 Å². The molecule has 5 heteroatoms. The van der Waals surface area contributed by atoms with Gasteiger partial charge in [-0.05, 0) is 24.0 Å². The summed E-state index contributed by atoms with van der Waals surface area (Å²) in [4.78, 5) is 26.6. The molecule has 1 amide bonds. The monoisotopic (exact) mass is 366 g/mol. The Kier molecular flexibility index (Phi) is 6.60. The number of benzene rings is 2. The van der Waals surface area contributed by atoms with Gasteiger partial charge in [0.25, 0.3) is 0 Å². The van der Waals surface area contributed by atoms with Crippen LogP contribution in [0.3, 0.4) is 0 Å². The molecule has 5 nitrogen and oxygen atoms in total. The van der Waals surface area contributed by atoms with Gasteiger partial charge in [0.2, 0.25) is 5.91 Å². The molecule has 142 valence electrons. The third-order valence-corrected chi connectivity index (χ3v) is 5.00. The molecule has 1 saturated heterocycles. The molecule has 0 aromatic heterocycles. The topological polar surface area (TPSA) is 58.6 Å². The van der Waals surface area contributed by atoms with Gasteiger partial charge in [-0.1, -0.05) is 60.7 Å². The molecular formula is C22H26N2O3. The summed E-state index contributed by atoms with van der Waals surface area (Å²) in [6.45, 7) is 1.24. The van der Waals surface area contributed by atoms with Crippen molar-refractivity contribution in [2.75, 3.05) is 13.7 Å². The van der Waals surface area contributed by atoms with E-state index in [4.69, 9.17) is 4.74 Å². The number of nitrogens with zero attached hydrogens (tertiary/aromatic N) is 1. The van der Waals surface area contributed by atoms with Gasteiger partial charge < -0.3 is 15.0 Å². The van der Waals surface area contributed by atoms with Crippen LogP contribution in [-0.4, -0.2) is 42.5 Å². The van der Waals surface area contributed by atoms with Gasteiger partial charge in [0.05, 0.1) is 7.11 Å². The molecule has 0 aliphatic carbocycles. The average molecular weight is 366 g/mol. The van der Waals surface area contributed by atoms with Crippen LogP contribution in [0.25, 0.3) is 0 Å². The number of rotatable bonds is 7. The smallest absolute Gasteiger partial charge is 0.328 e. The molecule has 0 radical (unpaired) electrons. The zero-order valence-corrected chi connectivity index (χ0v) is 15.6. The number of amides is 1. The number of methoxy groups -OCH3 is 1. The molecule has 3 rings (SSSR count). The summed E-state index contributed by atoms with van der Waals surface area (Å²) in [6.07, 6.45) is 1.64. The molecule has 0 spiro atoms. The standard InChI is InChI=1S/C22H26N2O3/c1-27-22(26)20-14-19(23-15-18-10-6-3-7-11-18)16-24(20)21(25)13-12-17-8-4-2-5-9-17/h2-11,19-20,23H,12-16H2,1H3/t19?,20-/m0/s1. The van der Waals surface area contributed by atoms with E-state index < -0.39 is 6.04 Å². The molecule has 2 aromatic rings. The van der Waals surface area contributed by atoms with Gasteiger partial charge in [-0.2, -0.15) is 0 Å². The van der Waals surface area contributed by atoms with Gasteiger partial charge in [-0.25, -0.2) is 4.79 Å². The number of esters is 1. The van der Waals surface area contributed by atoms with Crippen LogP contribution < -0.4 is 5.32 Å². The van der Waals surface area contributed by atoms with Crippen LogP contribution >= 0.6 is 0 Å². The minimum atomic E-state index is -0.508. The van der Waals surface area contributed by atoms with E-state index in [0.717, 1.165) is 5.56 Å². The first kappa shape index (κ1) is 19.1. The third-order valence-electron chi connectivity index (χ3n) is 5.00. The lowest BCUT2D eigenvalue weighted by molar-refractivity contribution is -0.150. The van der Waals surface area contributed by atoms with Crippen LogP contribution in [0.1, 0.15) is 24.0 Å². The Hall–Kier alpha value is -2.66. The minimum absolute atomic E-state index is 0.00161. The highest BCUT2D eigenvalue weighted by atomic mass is 16.5. The van der Waals surface area contributed by atoms with Crippen molar-refractivity contribution in [1.29, 1.82) is 0 Å². The molecule has 0 bridgehead atoms. The maximum atomic E-state index is 12.8. The van der Waals surface area contributed by atoms with E-state index in [9.17, 15) is 9.59 Å².